The van der Waals surface area contributed by atoms with Crippen LogP contribution in [0.5, 0.6) is 0 Å². The molecule has 0 bridgehead atoms. The van der Waals surface area contributed by atoms with Crippen molar-refractivity contribution in [2.24, 2.45) is 0 Å². The Morgan fingerprint density at radius 1 is 1.29 bits per heavy atom. The van der Waals surface area contributed by atoms with E-state index in [1.165, 1.54) is 18.5 Å². The SMILES string of the molecule is O=C(NCCO)c1cnc2cnc(N3CCC[C@@H]3c3cc(F)ccc3F)cn12. The van der Waals surface area contributed by atoms with Crippen LogP contribution in [0.3, 0.4) is 0 Å². The van der Waals surface area contributed by atoms with Crippen molar-refractivity contribution in [1.29, 1.82) is 0 Å². The van der Waals surface area contributed by atoms with Crippen LogP contribution in [0, 0.1) is 11.6 Å². The molecule has 7 nitrogen and oxygen atoms in total. The predicted molar refractivity (Wildman–Crippen MR) is 98.1 cm³/mol. The highest BCUT2D eigenvalue weighted by Gasteiger charge is 2.30. The Morgan fingerprint density at radius 3 is 2.96 bits per heavy atom. The molecule has 9 heteroatoms. The Bertz CT molecular complexity index is 1020. The number of anilines is 1. The first-order valence-corrected chi connectivity index (χ1v) is 9.02. The molecule has 3 heterocycles. The fraction of sp³-hybridized carbons (Fsp3) is 0.316. The van der Waals surface area contributed by atoms with Gasteiger partial charge in [0.15, 0.2) is 5.65 Å². The van der Waals surface area contributed by atoms with Gasteiger partial charge >= 0.3 is 0 Å². The van der Waals surface area contributed by atoms with Crippen LogP contribution >= 0.6 is 0 Å². The molecule has 1 aromatic carbocycles. The van der Waals surface area contributed by atoms with Gasteiger partial charge in [-0.2, -0.15) is 0 Å². The summed E-state index contributed by atoms with van der Waals surface area (Å²) in [5, 5.41) is 11.5. The molecule has 1 saturated heterocycles. The van der Waals surface area contributed by atoms with E-state index in [0.717, 1.165) is 18.6 Å². The summed E-state index contributed by atoms with van der Waals surface area (Å²) in [6.45, 7) is 0.612. The first-order chi connectivity index (χ1) is 13.6. The van der Waals surface area contributed by atoms with Gasteiger partial charge in [-0.1, -0.05) is 0 Å². The molecule has 0 radical (unpaired) electrons. The molecule has 0 saturated carbocycles. The lowest BCUT2D eigenvalue weighted by molar-refractivity contribution is 0.0939. The summed E-state index contributed by atoms with van der Waals surface area (Å²) < 4.78 is 29.6. The normalized spacial score (nSPS) is 16.7. The molecule has 0 spiro atoms. The number of aromatic nitrogens is 3. The van der Waals surface area contributed by atoms with Gasteiger partial charge in [0.25, 0.3) is 5.91 Å². The number of carbonyl (C=O) groups excluding carboxylic acids is 1. The molecule has 4 rings (SSSR count). The van der Waals surface area contributed by atoms with Crippen LogP contribution < -0.4 is 10.2 Å². The molecule has 1 atom stereocenters. The van der Waals surface area contributed by atoms with Crippen LogP contribution in [-0.2, 0) is 0 Å². The monoisotopic (exact) mass is 387 g/mol. The van der Waals surface area contributed by atoms with Crippen molar-refractivity contribution in [2.75, 3.05) is 24.6 Å². The number of carbonyl (C=O) groups is 1. The molecule has 1 aliphatic heterocycles. The minimum Gasteiger partial charge on any atom is -0.395 e. The summed E-state index contributed by atoms with van der Waals surface area (Å²) in [7, 11) is 0. The average Bonchev–Trinajstić information content (AvgIpc) is 3.34. The maximum atomic E-state index is 14.3. The second-order valence-electron chi connectivity index (χ2n) is 6.61. The third-order valence-electron chi connectivity index (χ3n) is 4.88. The number of hydrogen-bond donors (Lipinski definition) is 2. The zero-order valence-electron chi connectivity index (χ0n) is 15.0. The van der Waals surface area contributed by atoms with E-state index in [4.69, 9.17) is 5.11 Å². The fourth-order valence-corrected chi connectivity index (χ4v) is 3.59. The number of aliphatic hydroxyl groups excluding tert-OH is 1. The van der Waals surface area contributed by atoms with Crippen molar-refractivity contribution < 1.29 is 18.7 Å². The van der Waals surface area contributed by atoms with Crippen molar-refractivity contribution >= 4 is 17.4 Å². The molecule has 3 aromatic rings. The van der Waals surface area contributed by atoms with Crippen LogP contribution in [0.1, 0.15) is 34.9 Å². The molecule has 1 fully saturated rings. The molecule has 1 aliphatic rings. The lowest BCUT2D eigenvalue weighted by atomic mass is 10.0. The Kier molecular flexibility index (Phi) is 4.91. The number of imidazole rings is 1. The standard InChI is InChI=1S/C19H19F2N5O2/c20-12-3-4-14(21)13(8-12)15-2-1-6-25(15)18-11-26-16(19(28)22-5-7-27)9-23-17(26)10-24-18/h3-4,8-11,15,27H,1-2,5-7H2,(H,22,28)/t15-/m1/s1. The third-order valence-corrected chi connectivity index (χ3v) is 4.88. The highest BCUT2D eigenvalue weighted by molar-refractivity contribution is 5.93. The van der Waals surface area contributed by atoms with Crippen molar-refractivity contribution in [3.8, 4) is 0 Å². The van der Waals surface area contributed by atoms with Gasteiger partial charge < -0.3 is 15.3 Å². The largest absolute Gasteiger partial charge is 0.395 e. The zero-order valence-corrected chi connectivity index (χ0v) is 15.0. The molecular formula is C19H19F2N5O2. The zero-order chi connectivity index (χ0) is 19.7. The van der Waals surface area contributed by atoms with Gasteiger partial charge in [0, 0.05) is 18.7 Å². The molecule has 2 N–H and O–H groups in total. The summed E-state index contributed by atoms with van der Waals surface area (Å²) in [6.07, 6.45) is 6.13. The quantitative estimate of drug-likeness (QED) is 0.700. The van der Waals surface area contributed by atoms with E-state index in [-0.39, 0.29) is 25.1 Å². The summed E-state index contributed by atoms with van der Waals surface area (Å²) in [5.74, 6) is -0.754. The van der Waals surface area contributed by atoms with Gasteiger partial charge in [-0.15, -0.1) is 0 Å². The maximum absolute atomic E-state index is 14.3. The van der Waals surface area contributed by atoms with Gasteiger partial charge in [-0.3, -0.25) is 9.20 Å². The minimum absolute atomic E-state index is 0.136. The van der Waals surface area contributed by atoms with Gasteiger partial charge in [0.2, 0.25) is 0 Å². The molecular weight excluding hydrogens is 368 g/mol. The van der Waals surface area contributed by atoms with Crippen molar-refractivity contribution in [3.63, 3.8) is 0 Å². The van der Waals surface area contributed by atoms with E-state index in [2.05, 4.69) is 15.3 Å². The van der Waals surface area contributed by atoms with Crippen LogP contribution in [-0.4, -0.2) is 45.1 Å². The Morgan fingerprint density at radius 2 is 2.14 bits per heavy atom. The number of nitrogens with one attached hydrogen (secondary N) is 1. The second kappa shape index (κ2) is 7.51. The summed E-state index contributed by atoms with van der Waals surface area (Å²) in [5.41, 5.74) is 1.09. The highest BCUT2D eigenvalue weighted by Crippen LogP contribution is 2.36. The van der Waals surface area contributed by atoms with Gasteiger partial charge in [0.05, 0.1) is 31.2 Å². The third kappa shape index (κ3) is 3.29. The average molecular weight is 387 g/mol. The summed E-state index contributed by atoms with van der Waals surface area (Å²) >= 11 is 0. The van der Waals surface area contributed by atoms with Crippen LogP contribution in [0.4, 0.5) is 14.6 Å². The molecule has 28 heavy (non-hydrogen) atoms. The molecule has 0 aliphatic carbocycles. The fourth-order valence-electron chi connectivity index (χ4n) is 3.59. The minimum atomic E-state index is -0.482. The number of benzene rings is 1. The van der Waals surface area contributed by atoms with Gasteiger partial charge in [-0.25, -0.2) is 18.7 Å². The molecule has 0 unspecified atom stereocenters. The van der Waals surface area contributed by atoms with Crippen LogP contribution in [0.2, 0.25) is 0 Å². The number of nitrogens with zero attached hydrogens (tertiary/aromatic N) is 4. The van der Waals surface area contributed by atoms with E-state index in [1.807, 2.05) is 4.90 Å². The topological polar surface area (TPSA) is 82.8 Å². The van der Waals surface area contributed by atoms with Crippen LogP contribution in [0.25, 0.3) is 5.65 Å². The lowest BCUT2D eigenvalue weighted by Gasteiger charge is -2.26. The smallest absolute Gasteiger partial charge is 0.270 e. The Balaban J connectivity index is 1.70. The van der Waals surface area contributed by atoms with E-state index in [1.54, 1.807) is 10.6 Å². The van der Waals surface area contributed by atoms with Crippen molar-refractivity contribution in [2.45, 2.75) is 18.9 Å². The second-order valence-corrected chi connectivity index (χ2v) is 6.61. The summed E-state index contributed by atoms with van der Waals surface area (Å²) in [6, 6.07) is 3.13. The number of hydrogen-bond acceptors (Lipinski definition) is 5. The molecule has 146 valence electrons. The van der Waals surface area contributed by atoms with Gasteiger partial charge in [0.1, 0.15) is 23.1 Å². The van der Waals surface area contributed by atoms with E-state index in [9.17, 15) is 13.6 Å². The lowest BCUT2D eigenvalue weighted by Crippen LogP contribution is -2.28. The Labute approximate surface area is 159 Å². The van der Waals surface area contributed by atoms with E-state index >= 15 is 0 Å². The Hall–Kier alpha value is -3.07. The number of aliphatic hydroxyl groups is 1. The molecule has 1 amide bonds. The predicted octanol–water partition coefficient (Wildman–Crippen LogP) is 2.07. The first kappa shape index (κ1) is 18.3. The van der Waals surface area contributed by atoms with Crippen molar-refractivity contribution in [1.82, 2.24) is 19.7 Å². The van der Waals surface area contributed by atoms with E-state index < -0.39 is 11.6 Å². The molecule has 2 aromatic heterocycles. The number of halogens is 2. The van der Waals surface area contributed by atoms with Crippen molar-refractivity contribution in [3.05, 3.63) is 59.7 Å². The number of rotatable bonds is 5. The van der Waals surface area contributed by atoms with E-state index in [0.29, 0.717) is 35.7 Å². The summed E-state index contributed by atoms with van der Waals surface area (Å²) in [4.78, 5) is 22.8. The van der Waals surface area contributed by atoms with Gasteiger partial charge in [-0.05, 0) is 31.0 Å². The maximum Gasteiger partial charge on any atom is 0.270 e. The number of fused-ring (bicyclic) bond motifs is 1. The first-order valence-electron chi connectivity index (χ1n) is 9.02. The highest BCUT2D eigenvalue weighted by atomic mass is 19.1. The number of amides is 1. The van der Waals surface area contributed by atoms with Crippen LogP contribution in [0.15, 0.2) is 36.8 Å².